The number of nitrogens with zero attached hydrogens (tertiary/aromatic N) is 2. The van der Waals surface area contributed by atoms with Crippen molar-refractivity contribution in [1.29, 1.82) is 5.26 Å². The van der Waals surface area contributed by atoms with Gasteiger partial charge in [-0.1, -0.05) is 30.3 Å². The monoisotopic (exact) mass is 359 g/mol. The van der Waals surface area contributed by atoms with Gasteiger partial charge in [0.2, 0.25) is 0 Å². The molecule has 2 aliphatic heterocycles. The molecule has 0 spiro atoms. The number of fused-ring (bicyclic) bond motifs is 2. The summed E-state index contributed by atoms with van der Waals surface area (Å²) in [5.41, 5.74) is 3.72. The number of aryl methyl sites for hydroxylation is 1. The normalized spacial score (nSPS) is 24.4. The van der Waals surface area contributed by atoms with Crippen LogP contribution in [0.25, 0.3) is 0 Å². The first kappa shape index (κ1) is 17.8. The summed E-state index contributed by atoms with van der Waals surface area (Å²) in [7, 11) is 0. The van der Waals surface area contributed by atoms with E-state index in [1.165, 1.54) is 18.4 Å². The van der Waals surface area contributed by atoms with Crippen LogP contribution in [0.4, 0.5) is 0 Å². The van der Waals surface area contributed by atoms with Crippen LogP contribution in [0.1, 0.15) is 52.7 Å². The average molecular weight is 359 g/mol. The van der Waals surface area contributed by atoms with Crippen LogP contribution >= 0.6 is 0 Å². The average Bonchev–Trinajstić information content (AvgIpc) is 2.90. The molecule has 27 heavy (non-hydrogen) atoms. The first-order chi connectivity index (χ1) is 13.1. The van der Waals surface area contributed by atoms with E-state index in [1.54, 1.807) is 0 Å². The molecule has 0 saturated carbocycles. The SMILES string of the molecule is Cc1ccccc1C(=O)NC1CC2CCC(C1)N2Cc1cccc(C#N)c1. The van der Waals surface area contributed by atoms with E-state index >= 15 is 0 Å². The largest absolute Gasteiger partial charge is 0.349 e. The van der Waals surface area contributed by atoms with Crippen LogP contribution in [0.2, 0.25) is 0 Å². The van der Waals surface area contributed by atoms with Gasteiger partial charge in [-0.3, -0.25) is 9.69 Å². The molecule has 2 unspecified atom stereocenters. The number of hydrogen-bond donors (Lipinski definition) is 1. The van der Waals surface area contributed by atoms with Crippen LogP contribution < -0.4 is 5.32 Å². The number of amides is 1. The minimum absolute atomic E-state index is 0.0488. The molecule has 0 radical (unpaired) electrons. The highest BCUT2D eigenvalue weighted by Crippen LogP contribution is 2.37. The predicted octanol–water partition coefficient (Wildman–Crippen LogP) is 3.79. The Morgan fingerprint density at radius 1 is 1.15 bits per heavy atom. The van der Waals surface area contributed by atoms with E-state index in [0.717, 1.165) is 36.1 Å². The van der Waals surface area contributed by atoms with Crippen LogP contribution in [0.15, 0.2) is 48.5 Å². The Bertz CT molecular complexity index is 871. The molecule has 2 saturated heterocycles. The van der Waals surface area contributed by atoms with E-state index in [2.05, 4.69) is 22.4 Å². The van der Waals surface area contributed by atoms with Gasteiger partial charge in [0.1, 0.15) is 0 Å². The smallest absolute Gasteiger partial charge is 0.251 e. The predicted molar refractivity (Wildman–Crippen MR) is 105 cm³/mol. The van der Waals surface area contributed by atoms with Gasteiger partial charge in [0.25, 0.3) is 5.91 Å². The fourth-order valence-corrected chi connectivity index (χ4v) is 4.69. The first-order valence-electron chi connectivity index (χ1n) is 9.75. The molecule has 2 atom stereocenters. The van der Waals surface area contributed by atoms with Crippen molar-refractivity contribution in [3.05, 3.63) is 70.8 Å². The highest BCUT2D eigenvalue weighted by Gasteiger charge is 2.41. The van der Waals surface area contributed by atoms with Gasteiger partial charge in [0, 0.05) is 30.2 Å². The van der Waals surface area contributed by atoms with Crippen LogP contribution in [0.5, 0.6) is 0 Å². The third-order valence-electron chi connectivity index (χ3n) is 6.03. The summed E-state index contributed by atoms with van der Waals surface area (Å²) < 4.78 is 0. The Kier molecular flexibility index (Phi) is 4.96. The summed E-state index contributed by atoms with van der Waals surface area (Å²) in [6, 6.07) is 19.2. The van der Waals surface area contributed by atoms with Crippen molar-refractivity contribution in [2.75, 3.05) is 0 Å². The van der Waals surface area contributed by atoms with Crippen molar-refractivity contribution < 1.29 is 4.79 Å². The number of piperidine rings is 1. The lowest BCUT2D eigenvalue weighted by atomic mass is 9.95. The van der Waals surface area contributed by atoms with Crippen LogP contribution in [0, 0.1) is 18.3 Å². The Labute approximate surface area is 160 Å². The van der Waals surface area contributed by atoms with Crippen molar-refractivity contribution in [3.63, 3.8) is 0 Å². The molecule has 2 aromatic rings. The molecular formula is C23H25N3O. The minimum atomic E-state index is 0.0488. The van der Waals surface area contributed by atoms with E-state index in [9.17, 15) is 4.79 Å². The number of nitrogens with one attached hydrogen (secondary N) is 1. The highest BCUT2D eigenvalue weighted by molar-refractivity contribution is 5.95. The van der Waals surface area contributed by atoms with Crippen LogP contribution in [-0.2, 0) is 6.54 Å². The lowest BCUT2D eigenvalue weighted by Gasteiger charge is -2.39. The Hall–Kier alpha value is -2.64. The number of hydrogen-bond acceptors (Lipinski definition) is 3. The van der Waals surface area contributed by atoms with E-state index in [-0.39, 0.29) is 11.9 Å². The van der Waals surface area contributed by atoms with Crippen molar-refractivity contribution in [1.82, 2.24) is 10.2 Å². The highest BCUT2D eigenvalue weighted by atomic mass is 16.1. The molecule has 2 fully saturated rings. The molecule has 0 aliphatic carbocycles. The third-order valence-corrected chi connectivity index (χ3v) is 6.03. The van der Waals surface area contributed by atoms with Gasteiger partial charge in [-0.2, -0.15) is 5.26 Å². The molecular weight excluding hydrogens is 334 g/mol. The maximum atomic E-state index is 12.7. The number of benzene rings is 2. The van der Waals surface area contributed by atoms with Gasteiger partial charge in [0.05, 0.1) is 11.6 Å². The standard InChI is InChI=1S/C23H25N3O/c1-16-5-2-3-8-22(16)23(27)25-19-12-20-9-10-21(13-19)26(20)15-18-7-4-6-17(11-18)14-24/h2-8,11,19-21H,9-10,12-13,15H2,1H3,(H,25,27). The second kappa shape index (κ2) is 7.54. The van der Waals surface area contributed by atoms with E-state index in [1.807, 2.05) is 49.4 Å². The van der Waals surface area contributed by atoms with Gasteiger partial charge in [0.15, 0.2) is 0 Å². The third kappa shape index (κ3) is 3.74. The Balaban J connectivity index is 1.41. The van der Waals surface area contributed by atoms with Crippen molar-refractivity contribution >= 4 is 5.91 Å². The maximum absolute atomic E-state index is 12.7. The molecule has 2 bridgehead atoms. The van der Waals surface area contributed by atoms with Crippen molar-refractivity contribution in [2.45, 2.75) is 57.3 Å². The first-order valence-corrected chi connectivity index (χ1v) is 9.75. The van der Waals surface area contributed by atoms with E-state index in [4.69, 9.17) is 5.26 Å². The molecule has 4 heteroatoms. The van der Waals surface area contributed by atoms with Gasteiger partial charge >= 0.3 is 0 Å². The summed E-state index contributed by atoms with van der Waals surface area (Å²) in [5.74, 6) is 0.0488. The summed E-state index contributed by atoms with van der Waals surface area (Å²) in [4.78, 5) is 15.2. The lowest BCUT2D eigenvalue weighted by Crippen LogP contribution is -2.50. The van der Waals surface area contributed by atoms with Crippen molar-refractivity contribution in [2.24, 2.45) is 0 Å². The molecule has 1 amide bonds. The molecule has 0 aromatic heterocycles. The Morgan fingerprint density at radius 2 is 1.89 bits per heavy atom. The van der Waals surface area contributed by atoms with Crippen LogP contribution in [0.3, 0.4) is 0 Å². The number of rotatable bonds is 4. The molecule has 138 valence electrons. The number of carbonyl (C=O) groups is 1. The summed E-state index contributed by atoms with van der Waals surface area (Å²) in [6.45, 7) is 2.87. The fraction of sp³-hybridized carbons (Fsp3) is 0.391. The summed E-state index contributed by atoms with van der Waals surface area (Å²) >= 11 is 0. The van der Waals surface area contributed by atoms with E-state index < -0.39 is 0 Å². The zero-order chi connectivity index (χ0) is 18.8. The number of carbonyl (C=O) groups excluding carboxylic acids is 1. The summed E-state index contributed by atoms with van der Waals surface area (Å²) in [5, 5.41) is 12.4. The molecule has 2 aliphatic rings. The van der Waals surface area contributed by atoms with Gasteiger partial charge < -0.3 is 5.32 Å². The quantitative estimate of drug-likeness (QED) is 0.903. The van der Waals surface area contributed by atoms with Crippen LogP contribution in [-0.4, -0.2) is 28.9 Å². The summed E-state index contributed by atoms with van der Waals surface area (Å²) in [6.07, 6.45) is 4.40. The zero-order valence-corrected chi connectivity index (χ0v) is 15.7. The minimum Gasteiger partial charge on any atom is -0.349 e. The molecule has 1 N–H and O–H groups in total. The van der Waals surface area contributed by atoms with E-state index in [0.29, 0.717) is 12.1 Å². The molecule has 2 heterocycles. The van der Waals surface area contributed by atoms with Crippen molar-refractivity contribution in [3.8, 4) is 6.07 Å². The second-order valence-corrected chi connectivity index (χ2v) is 7.83. The molecule has 4 rings (SSSR count). The fourth-order valence-electron chi connectivity index (χ4n) is 4.69. The number of nitriles is 1. The van der Waals surface area contributed by atoms with Gasteiger partial charge in [-0.05, 0) is 61.9 Å². The topological polar surface area (TPSA) is 56.1 Å². The molecule has 2 aromatic carbocycles. The zero-order valence-electron chi connectivity index (χ0n) is 15.7. The second-order valence-electron chi connectivity index (χ2n) is 7.83. The van der Waals surface area contributed by atoms with Gasteiger partial charge in [-0.25, -0.2) is 0 Å². The Morgan fingerprint density at radius 3 is 2.59 bits per heavy atom. The molecule has 4 nitrogen and oxygen atoms in total. The van der Waals surface area contributed by atoms with Gasteiger partial charge in [-0.15, -0.1) is 0 Å². The lowest BCUT2D eigenvalue weighted by molar-refractivity contribution is 0.0827. The maximum Gasteiger partial charge on any atom is 0.251 e.